The van der Waals surface area contributed by atoms with Gasteiger partial charge in [-0.2, -0.15) is 0 Å². The van der Waals surface area contributed by atoms with Gasteiger partial charge in [-0.25, -0.2) is 0 Å². The van der Waals surface area contributed by atoms with E-state index in [1.165, 1.54) is 17.7 Å². The molecule has 4 heterocycles. The number of hydrogen-bond acceptors (Lipinski definition) is 7. The largest absolute Gasteiger partial charge is 0.367 e. The first-order chi connectivity index (χ1) is 17.5. The third kappa shape index (κ3) is 5.67. The van der Waals surface area contributed by atoms with Crippen LogP contribution in [0.3, 0.4) is 0 Å². The molecule has 11 heteroatoms. The molecular weight excluding hydrogens is 512 g/mol. The molecule has 0 atom stereocenters. The number of aryl methyl sites for hydroxylation is 1. The van der Waals surface area contributed by atoms with Gasteiger partial charge in [-0.15, -0.1) is 22.9 Å². The van der Waals surface area contributed by atoms with Crippen molar-refractivity contribution in [2.24, 2.45) is 7.05 Å². The summed E-state index contributed by atoms with van der Waals surface area (Å²) in [6.07, 6.45) is 1.47. The van der Waals surface area contributed by atoms with Gasteiger partial charge in [-0.1, -0.05) is 24.3 Å². The number of alkyl halides is 1. The first kappa shape index (κ1) is 28.6. The SMILES string of the molecule is CCl.CN1CCN(C(=O)c2c(N3CCN(C(=O)c4cccs4)CC3)c3ccccc3n(C)c2=O)CC1.N. The number of fused-ring (bicyclic) bond motifs is 1. The molecule has 9 nitrogen and oxygen atoms in total. The topological polar surface area (TPSA) is 104 Å². The number of hydrogen-bond donors (Lipinski definition) is 1. The van der Waals surface area contributed by atoms with E-state index in [0.29, 0.717) is 45.0 Å². The third-order valence-electron chi connectivity index (χ3n) is 6.90. The number of carbonyl (C=O) groups excluding carboxylic acids is 2. The lowest BCUT2D eigenvalue weighted by Crippen LogP contribution is -2.51. The van der Waals surface area contributed by atoms with Crippen LogP contribution in [0.4, 0.5) is 5.69 Å². The van der Waals surface area contributed by atoms with Gasteiger partial charge in [0.1, 0.15) is 5.56 Å². The summed E-state index contributed by atoms with van der Waals surface area (Å²) in [4.78, 5) is 48.8. The number of halogens is 1. The highest BCUT2D eigenvalue weighted by Gasteiger charge is 2.32. The molecule has 200 valence electrons. The van der Waals surface area contributed by atoms with E-state index in [1.807, 2.05) is 53.7 Å². The number of carbonyl (C=O) groups is 2. The van der Waals surface area contributed by atoms with E-state index in [1.54, 1.807) is 16.5 Å². The Hall–Kier alpha value is -2.92. The highest BCUT2D eigenvalue weighted by atomic mass is 35.5. The maximum absolute atomic E-state index is 13.7. The lowest BCUT2D eigenvalue weighted by Gasteiger charge is -2.38. The molecule has 3 aromatic rings. The van der Waals surface area contributed by atoms with E-state index in [0.717, 1.165) is 28.9 Å². The minimum atomic E-state index is -0.269. The summed E-state index contributed by atoms with van der Waals surface area (Å²) in [7, 11) is 3.77. The molecule has 2 aliphatic rings. The fourth-order valence-corrected chi connectivity index (χ4v) is 5.55. The van der Waals surface area contributed by atoms with Gasteiger partial charge in [-0.3, -0.25) is 14.4 Å². The number of benzene rings is 1. The van der Waals surface area contributed by atoms with E-state index in [9.17, 15) is 14.4 Å². The normalized spacial score (nSPS) is 16.2. The summed E-state index contributed by atoms with van der Waals surface area (Å²) in [6.45, 7) is 5.01. The maximum Gasteiger partial charge on any atom is 0.265 e. The first-order valence-corrected chi connectivity index (χ1v) is 13.6. The van der Waals surface area contributed by atoms with Crippen LogP contribution in [-0.2, 0) is 7.05 Å². The molecule has 5 rings (SSSR count). The fourth-order valence-electron chi connectivity index (χ4n) is 4.86. The molecule has 2 amide bonds. The molecule has 2 aromatic heterocycles. The fraction of sp³-hybridized carbons (Fsp3) is 0.423. The molecule has 3 N–H and O–H groups in total. The molecule has 0 unspecified atom stereocenters. The van der Waals surface area contributed by atoms with Crippen LogP contribution < -0.4 is 16.6 Å². The summed E-state index contributed by atoms with van der Waals surface area (Å²) in [6, 6.07) is 11.5. The van der Waals surface area contributed by atoms with Gasteiger partial charge in [0.05, 0.1) is 16.1 Å². The monoisotopic (exact) mass is 546 g/mol. The van der Waals surface area contributed by atoms with Gasteiger partial charge >= 0.3 is 0 Å². The zero-order chi connectivity index (χ0) is 25.8. The Balaban J connectivity index is 0.00000124. The summed E-state index contributed by atoms with van der Waals surface area (Å²) in [5.41, 5.74) is 1.47. The third-order valence-corrected chi connectivity index (χ3v) is 7.75. The van der Waals surface area contributed by atoms with Crippen molar-refractivity contribution in [2.75, 3.05) is 70.7 Å². The number of amides is 2. The Morgan fingerprint density at radius 3 is 2.03 bits per heavy atom. The second-order valence-corrected chi connectivity index (χ2v) is 9.90. The molecule has 2 fully saturated rings. The predicted molar refractivity (Wildman–Crippen MR) is 152 cm³/mol. The van der Waals surface area contributed by atoms with Crippen molar-refractivity contribution < 1.29 is 9.59 Å². The van der Waals surface area contributed by atoms with Crippen LogP contribution in [0.15, 0.2) is 46.6 Å². The Morgan fingerprint density at radius 2 is 1.41 bits per heavy atom. The molecule has 2 saturated heterocycles. The Kier molecular flexibility index (Phi) is 9.72. The first-order valence-electron chi connectivity index (χ1n) is 12.0. The number of anilines is 1. The molecule has 0 saturated carbocycles. The van der Waals surface area contributed by atoms with E-state index in [2.05, 4.69) is 21.4 Å². The van der Waals surface area contributed by atoms with Crippen molar-refractivity contribution in [1.29, 1.82) is 0 Å². The number of likely N-dealkylation sites (N-methyl/N-ethyl adjacent to an activating group) is 1. The lowest BCUT2D eigenvalue weighted by atomic mass is 10.0. The predicted octanol–water partition coefficient (Wildman–Crippen LogP) is 2.97. The summed E-state index contributed by atoms with van der Waals surface area (Å²) < 4.78 is 1.58. The number of nitrogens with zero attached hydrogens (tertiary/aromatic N) is 5. The standard InChI is InChI=1S/C25H29N5O3S.CH3Cl.H3N/c1-26-9-11-30(12-10-26)25(33)21-22(18-6-3-4-7-19(18)27(2)24(21)32)28-13-15-29(16-14-28)23(31)20-8-5-17-34-20;1-2;/h3-8,17H,9-16H2,1-2H3;1H3;1H3. The van der Waals surface area contributed by atoms with Crippen LogP contribution in [0.25, 0.3) is 10.9 Å². The van der Waals surface area contributed by atoms with Crippen LogP contribution in [-0.4, -0.2) is 96.9 Å². The van der Waals surface area contributed by atoms with Crippen LogP contribution in [0, 0.1) is 0 Å². The van der Waals surface area contributed by atoms with E-state index < -0.39 is 0 Å². The van der Waals surface area contributed by atoms with Crippen molar-refractivity contribution in [3.8, 4) is 0 Å². The van der Waals surface area contributed by atoms with Crippen LogP contribution in [0.5, 0.6) is 0 Å². The Morgan fingerprint density at radius 1 is 0.811 bits per heavy atom. The van der Waals surface area contributed by atoms with Crippen LogP contribution >= 0.6 is 22.9 Å². The van der Waals surface area contributed by atoms with Crippen LogP contribution in [0.2, 0.25) is 0 Å². The smallest absolute Gasteiger partial charge is 0.265 e. The average Bonchev–Trinajstić information content (AvgIpc) is 3.47. The minimum Gasteiger partial charge on any atom is -0.367 e. The Labute approximate surface area is 226 Å². The minimum absolute atomic E-state index is 0. The number of rotatable bonds is 3. The van der Waals surface area contributed by atoms with Gasteiger partial charge in [0.25, 0.3) is 17.4 Å². The molecule has 2 aliphatic heterocycles. The molecule has 1 aromatic carbocycles. The van der Waals surface area contributed by atoms with Crippen molar-refractivity contribution in [3.05, 3.63) is 62.6 Å². The quantitative estimate of drug-likeness (QED) is 0.506. The molecule has 37 heavy (non-hydrogen) atoms. The van der Waals surface area contributed by atoms with Crippen molar-refractivity contribution in [1.82, 2.24) is 25.4 Å². The summed E-state index contributed by atoms with van der Waals surface area (Å²) in [5.74, 6) is -0.163. The number of pyridine rings is 1. The van der Waals surface area contributed by atoms with E-state index in [4.69, 9.17) is 0 Å². The van der Waals surface area contributed by atoms with Gasteiger partial charge in [-0.05, 0) is 24.6 Å². The lowest BCUT2D eigenvalue weighted by molar-refractivity contribution is 0.0660. The second-order valence-electron chi connectivity index (χ2n) is 8.96. The number of para-hydroxylation sites is 1. The average molecular weight is 547 g/mol. The van der Waals surface area contributed by atoms with Gasteiger partial charge < -0.3 is 30.3 Å². The van der Waals surface area contributed by atoms with Crippen molar-refractivity contribution in [2.45, 2.75) is 0 Å². The highest BCUT2D eigenvalue weighted by molar-refractivity contribution is 7.12. The van der Waals surface area contributed by atoms with Gasteiger partial charge in [0.2, 0.25) is 0 Å². The summed E-state index contributed by atoms with van der Waals surface area (Å²) in [5, 5.41) is 2.80. The van der Waals surface area contributed by atoms with Crippen molar-refractivity contribution >= 4 is 51.3 Å². The van der Waals surface area contributed by atoms with Gasteiger partial charge in [0, 0.05) is 71.2 Å². The summed E-state index contributed by atoms with van der Waals surface area (Å²) >= 11 is 6.09. The second kappa shape index (κ2) is 12.6. The van der Waals surface area contributed by atoms with Gasteiger partial charge in [0.15, 0.2) is 0 Å². The number of aromatic nitrogens is 1. The van der Waals surface area contributed by atoms with E-state index >= 15 is 0 Å². The zero-order valence-corrected chi connectivity index (χ0v) is 23.2. The van der Waals surface area contributed by atoms with Crippen LogP contribution in [0.1, 0.15) is 20.0 Å². The molecule has 0 radical (unpaired) electrons. The highest BCUT2D eigenvalue weighted by Crippen LogP contribution is 2.31. The molecule has 0 aliphatic carbocycles. The molecule has 0 spiro atoms. The molecule has 0 bridgehead atoms. The Bertz CT molecular complexity index is 1280. The maximum atomic E-state index is 13.7. The van der Waals surface area contributed by atoms with E-state index in [-0.39, 0.29) is 29.1 Å². The number of piperazine rings is 2. The van der Waals surface area contributed by atoms with Crippen molar-refractivity contribution in [3.63, 3.8) is 0 Å². The molecular formula is C26H35ClN6O3S. The number of thiophene rings is 1. The zero-order valence-electron chi connectivity index (χ0n) is 21.7.